The summed E-state index contributed by atoms with van der Waals surface area (Å²) in [6.07, 6.45) is 0.621. The highest BCUT2D eigenvalue weighted by Crippen LogP contribution is 2.27. The van der Waals surface area contributed by atoms with Gasteiger partial charge in [0.1, 0.15) is 5.60 Å². The SMILES string of the molecule is O=C(O)c1cccc(C2(O)CCNC2)c1. The molecule has 0 bridgehead atoms. The van der Waals surface area contributed by atoms with E-state index in [1.54, 1.807) is 12.1 Å². The fourth-order valence-corrected chi connectivity index (χ4v) is 1.87. The van der Waals surface area contributed by atoms with Crippen LogP contribution in [0.2, 0.25) is 0 Å². The van der Waals surface area contributed by atoms with Gasteiger partial charge in [-0.3, -0.25) is 0 Å². The molecule has 1 heterocycles. The van der Waals surface area contributed by atoms with Gasteiger partial charge >= 0.3 is 5.97 Å². The number of rotatable bonds is 2. The Morgan fingerprint density at radius 2 is 2.27 bits per heavy atom. The van der Waals surface area contributed by atoms with Crippen LogP contribution in [-0.4, -0.2) is 29.3 Å². The van der Waals surface area contributed by atoms with Crippen LogP contribution in [0.4, 0.5) is 0 Å². The predicted molar refractivity (Wildman–Crippen MR) is 54.8 cm³/mol. The molecule has 0 saturated carbocycles. The molecule has 1 fully saturated rings. The lowest BCUT2D eigenvalue weighted by Crippen LogP contribution is -2.28. The smallest absolute Gasteiger partial charge is 0.335 e. The molecule has 1 saturated heterocycles. The summed E-state index contributed by atoms with van der Waals surface area (Å²) in [5.41, 5.74) is -0.0222. The van der Waals surface area contributed by atoms with Crippen LogP contribution in [0.5, 0.6) is 0 Å². The molecular weight excluding hydrogens is 194 g/mol. The first-order valence-corrected chi connectivity index (χ1v) is 4.89. The Hall–Kier alpha value is -1.39. The van der Waals surface area contributed by atoms with Crippen molar-refractivity contribution in [1.29, 1.82) is 0 Å². The van der Waals surface area contributed by atoms with Crippen LogP contribution in [0, 0.1) is 0 Å². The molecule has 3 N–H and O–H groups in total. The highest BCUT2D eigenvalue weighted by atomic mass is 16.4. The van der Waals surface area contributed by atoms with Crippen molar-refractivity contribution < 1.29 is 15.0 Å². The maximum Gasteiger partial charge on any atom is 0.335 e. The lowest BCUT2D eigenvalue weighted by Gasteiger charge is -2.21. The van der Waals surface area contributed by atoms with Gasteiger partial charge in [0.15, 0.2) is 0 Å². The number of aliphatic hydroxyl groups is 1. The maximum atomic E-state index is 10.8. The molecule has 4 heteroatoms. The molecule has 0 radical (unpaired) electrons. The van der Waals surface area contributed by atoms with Gasteiger partial charge in [-0.1, -0.05) is 12.1 Å². The summed E-state index contributed by atoms with van der Waals surface area (Å²) in [5, 5.41) is 22.1. The molecule has 0 spiro atoms. The van der Waals surface area contributed by atoms with Crippen molar-refractivity contribution in [2.75, 3.05) is 13.1 Å². The topological polar surface area (TPSA) is 69.6 Å². The lowest BCUT2D eigenvalue weighted by molar-refractivity contribution is 0.0584. The normalized spacial score (nSPS) is 25.4. The third-order valence-corrected chi connectivity index (χ3v) is 2.78. The van der Waals surface area contributed by atoms with E-state index in [-0.39, 0.29) is 5.56 Å². The van der Waals surface area contributed by atoms with Crippen LogP contribution in [-0.2, 0) is 5.60 Å². The van der Waals surface area contributed by atoms with Gasteiger partial charge in [0.05, 0.1) is 5.56 Å². The summed E-state index contributed by atoms with van der Waals surface area (Å²) in [6, 6.07) is 6.49. The number of carboxylic acid groups (broad SMARTS) is 1. The van der Waals surface area contributed by atoms with E-state index >= 15 is 0 Å². The van der Waals surface area contributed by atoms with E-state index in [1.165, 1.54) is 12.1 Å². The number of carboxylic acids is 1. The van der Waals surface area contributed by atoms with Gasteiger partial charge in [-0.25, -0.2) is 4.79 Å². The van der Waals surface area contributed by atoms with Crippen LogP contribution in [0.3, 0.4) is 0 Å². The fraction of sp³-hybridized carbons (Fsp3) is 0.364. The van der Waals surface area contributed by atoms with Crippen molar-refractivity contribution >= 4 is 5.97 Å². The number of benzene rings is 1. The minimum Gasteiger partial charge on any atom is -0.478 e. The quantitative estimate of drug-likeness (QED) is 0.663. The summed E-state index contributed by atoms with van der Waals surface area (Å²) < 4.78 is 0. The van der Waals surface area contributed by atoms with Crippen molar-refractivity contribution in [2.24, 2.45) is 0 Å². The van der Waals surface area contributed by atoms with E-state index in [0.29, 0.717) is 18.5 Å². The van der Waals surface area contributed by atoms with Crippen molar-refractivity contribution in [3.05, 3.63) is 35.4 Å². The average molecular weight is 207 g/mol. The first kappa shape index (κ1) is 10.1. The Bertz CT molecular complexity index is 383. The Labute approximate surface area is 87.6 Å². The molecule has 1 aromatic rings. The molecular formula is C11H13NO3. The number of β-amino-alcohol motifs (C(OH)–C–C–N with tert-alkyl or cyclic N) is 1. The highest BCUT2D eigenvalue weighted by Gasteiger charge is 2.33. The standard InChI is InChI=1S/C11H13NO3/c13-10(14)8-2-1-3-9(6-8)11(15)4-5-12-7-11/h1-3,6,12,15H,4-5,7H2,(H,13,14). The molecule has 1 atom stereocenters. The van der Waals surface area contributed by atoms with E-state index in [1.807, 2.05) is 0 Å². The van der Waals surface area contributed by atoms with Gasteiger partial charge in [0.25, 0.3) is 0 Å². The van der Waals surface area contributed by atoms with E-state index in [4.69, 9.17) is 5.11 Å². The Morgan fingerprint density at radius 3 is 2.87 bits per heavy atom. The van der Waals surface area contributed by atoms with Crippen LogP contribution >= 0.6 is 0 Å². The van der Waals surface area contributed by atoms with Crippen molar-refractivity contribution in [2.45, 2.75) is 12.0 Å². The summed E-state index contributed by atoms with van der Waals surface area (Å²) in [6.45, 7) is 1.24. The molecule has 1 aromatic carbocycles. The highest BCUT2D eigenvalue weighted by molar-refractivity contribution is 5.87. The van der Waals surface area contributed by atoms with Crippen LogP contribution in [0.25, 0.3) is 0 Å². The number of hydrogen-bond acceptors (Lipinski definition) is 3. The number of aromatic carboxylic acids is 1. The molecule has 80 valence electrons. The van der Waals surface area contributed by atoms with E-state index in [2.05, 4.69) is 5.32 Å². The van der Waals surface area contributed by atoms with Crippen molar-refractivity contribution in [1.82, 2.24) is 5.32 Å². The minimum absolute atomic E-state index is 0.216. The van der Waals surface area contributed by atoms with Gasteiger partial charge in [-0.15, -0.1) is 0 Å². The molecule has 1 aliphatic heterocycles. The lowest BCUT2D eigenvalue weighted by atomic mass is 9.92. The second-order valence-corrected chi connectivity index (χ2v) is 3.84. The monoisotopic (exact) mass is 207 g/mol. The third-order valence-electron chi connectivity index (χ3n) is 2.78. The second-order valence-electron chi connectivity index (χ2n) is 3.84. The van der Waals surface area contributed by atoms with Gasteiger partial charge < -0.3 is 15.5 Å². The molecule has 0 amide bonds. The third kappa shape index (κ3) is 1.86. The van der Waals surface area contributed by atoms with Crippen LogP contribution in [0.15, 0.2) is 24.3 Å². The van der Waals surface area contributed by atoms with E-state index in [0.717, 1.165) is 6.54 Å². The van der Waals surface area contributed by atoms with Crippen molar-refractivity contribution in [3.8, 4) is 0 Å². The summed E-state index contributed by atoms with van der Waals surface area (Å²) in [5.74, 6) is -0.966. The van der Waals surface area contributed by atoms with Crippen molar-refractivity contribution in [3.63, 3.8) is 0 Å². The van der Waals surface area contributed by atoms with Crippen LogP contribution in [0.1, 0.15) is 22.3 Å². The zero-order valence-electron chi connectivity index (χ0n) is 8.23. The van der Waals surface area contributed by atoms with Crippen LogP contribution < -0.4 is 5.32 Å². The van der Waals surface area contributed by atoms with Gasteiger partial charge in [0.2, 0.25) is 0 Å². The summed E-state index contributed by atoms with van der Waals surface area (Å²) in [4.78, 5) is 10.8. The molecule has 15 heavy (non-hydrogen) atoms. The predicted octanol–water partition coefficient (Wildman–Crippen LogP) is 0.566. The second kappa shape index (κ2) is 3.64. The summed E-state index contributed by atoms with van der Waals surface area (Å²) in [7, 11) is 0. The van der Waals surface area contributed by atoms with Gasteiger partial charge in [-0.2, -0.15) is 0 Å². The largest absolute Gasteiger partial charge is 0.478 e. The van der Waals surface area contributed by atoms with E-state index in [9.17, 15) is 9.90 Å². The first-order chi connectivity index (χ1) is 7.12. The molecule has 0 aromatic heterocycles. The molecule has 0 aliphatic carbocycles. The van der Waals surface area contributed by atoms with E-state index < -0.39 is 11.6 Å². The Kier molecular flexibility index (Phi) is 2.46. The average Bonchev–Trinajstić information content (AvgIpc) is 2.67. The molecule has 1 unspecified atom stereocenters. The Balaban J connectivity index is 2.36. The Morgan fingerprint density at radius 1 is 1.47 bits per heavy atom. The number of nitrogens with one attached hydrogen (secondary N) is 1. The first-order valence-electron chi connectivity index (χ1n) is 4.89. The zero-order chi connectivity index (χ0) is 10.9. The molecule has 1 aliphatic rings. The fourth-order valence-electron chi connectivity index (χ4n) is 1.87. The molecule has 4 nitrogen and oxygen atoms in total. The zero-order valence-corrected chi connectivity index (χ0v) is 8.23. The van der Waals surface area contributed by atoms with Gasteiger partial charge in [-0.05, 0) is 30.7 Å². The maximum absolute atomic E-state index is 10.8. The summed E-state index contributed by atoms with van der Waals surface area (Å²) >= 11 is 0. The molecule has 2 rings (SSSR count). The number of hydrogen-bond donors (Lipinski definition) is 3. The number of carbonyl (C=O) groups is 1. The van der Waals surface area contributed by atoms with Gasteiger partial charge in [0, 0.05) is 6.54 Å². The minimum atomic E-state index is -0.966.